The quantitative estimate of drug-likeness (QED) is 0.428. The zero-order chi connectivity index (χ0) is 13.1. The second-order valence-electron chi connectivity index (χ2n) is 5.82. The molecule has 0 aromatic rings. The molecule has 0 aromatic carbocycles. The summed E-state index contributed by atoms with van der Waals surface area (Å²) in [6.07, 6.45) is 4.81. The molecule has 1 rings (SSSR count). The van der Waals surface area contributed by atoms with Crippen molar-refractivity contribution in [3.63, 3.8) is 0 Å². The summed E-state index contributed by atoms with van der Waals surface area (Å²) in [5.41, 5.74) is 0. The molecule has 17 heavy (non-hydrogen) atoms. The van der Waals surface area contributed by atoms with Crippen molar-refractivity contribution in [3.05, 3.63) is 12.7 Å². The lowest BCUT2D eigenvalue weighted by Gasteiger charge is -2.28. The van der Waals surface area contributed by atoms with Crippen LogP contribution in [0.1, 0.15) is 40.5 Å². The van der Waals surface area contributed by atoms with Gasteiger partial charge in [0.2, 0.25) is 0 Å². The van der Waals surface area contributed by atoms with Gasteiger partial charge in [-0.3, -0.25) is 0 Å². The fourth-order valence-electron chi connectivity index (χ4n) is 2.68. The average molecular weight is 319 g/mol. The number of hydrogen-bond donors (Lipinski definition) is 0. The predicted octanol–water partition coefficient (Wildman–Crippen LogP) is 5.38. The summed E-state index contributed by atoms with van der Waals surface area (Å²) < 4.78 is 0.543. The van der Waals surface area contributed by atoms with Crippen LogP contribution in [0.15, 0.2) is 12.7 Å². The minimum absolute atomic E-state index is 0.543. The summed E-state index contributed by atoms with van der Waals surface area (Å²) in [5, 5.41) is 1.13. The summed E-state index contributed by atoms with van der Waals surface area (Å²) >= 11 is 5.85. The third-order valence-electron chi connectivity index (χ3n) is 4.36. The first-order valence-corrected chi connectivity index (χ1v) is 8.94. The normalized spacial score (nSPS) is 31.3. The Morgan fingerprint density at radius 3 is 2.47 bits per heavy atom. The highest BCUT2D eigenvalue weighted by atomic mass is 79.9. The number of allylic oxidation sites excluding steroid dienone is 1. The Balaban J connectivity index is 2.50. The maximum Gasteiger partial charge on any atom is 0.0226 e. The first-order chi connectivity index (χ1) is 8.00. The zero-order valence-corrected chi connectivity index (χ0v) is 14.1. The van der Waals surface area contributed by atoms with Crippen LogP contribution >= 0.6 is 27.7 Å². The van der Waals surface area contributed by atoms with Gasteiger partial charge in [-0.15, -0.1) is 6.58 Å². The van der Waals surface area contributed by atoms with Gasteiger partial charge in [0.05, 0.1) is 0 Å². The van der Waals surface area contributed by atoms with E-state index in [1.165, 1.54) is 18.6 Å². The Morgan fingerprint density at radius 2 is 2.12 bits per heavy atom. The molecule has 1 saturated carbocycles. The van der Waals surface area contributed by atoms with Gasteiger partial charge in [0.15, 0.2) is 0 Å². The Hall–Kier alpha value is 0.570. The lowest BCUT2D eigenvalue weighted by Crippen LogP contribution is -2.23. The summed E-state index contributed by atoms with van der Waals surface area (Å²) in [5.74, 6) is 4.46. The van der Waals surface area contributed by atoms with E-state index in [1.807, 2.05) is 0 Å². The van der Waals surface area contributed by atoms with Gasteiger partial charge in [-0.25, -0.2) is 0 Å². The van der Waals surface area contributed by atoms with Crippen LogP contribution in [0.5, 0.6) is 0 Å². The van der Waals surface area contributed by atoms with Crippen molar-refractivity contribution >= 4 is 27.7 Å². The highest BCUT2D eigenvalue weighted by Crippen LogP contribution is 2.58. The molecule has 0 nitrogen and oxygen atoms in total. The number of halogens is 1. The average Bonchev–Trinajstić information content (AvgIpc) is 3.03. The maximum atomic E-state index is 3.96. The molecule has 2 heteroatoms. The second-order valence-corrected chi connectivity index (χ2v) is 7.90. The van der Waals surface area contributed by atoms with E-state index in [4.69, 9.17) is 0 Å². The molecular formula is C15H27BrS. The van der Waals surface area contributed by atoms with Crippen LogP contribution in [0.4, 0.5) is 0 Å². The van der Waals surface area contributed by atoms with Gasteiger partial charge < -0.3 is 0 Å². The van der Waals surface area contributed by atoms with Gasteiger partial charge in [0.1, 0.15) is 0 Å². The van der Waals surface area contributed by atoms with Crippen molar-refractivity contribution in [3.8, 4) is 0 Å². The molecular weight excluding hydrogens is 292 g/mol. The maximum absolute atomic E-state index is 3.96. The molecule has 4 atom stereocenters. The van der Waals surface area contributed by atoms with Gasteiger partial charge >= 0.3 is 0 Å². The molecule has 0 radical (unpaired) electrons. The molecule has 0 aliphatic heterocycles. The van der Waals surface area contributed by atoms with E-state index in [-0.39, 0.29) is 0 Å². The number of hydrogen-bond acceptors (Lipinski definition) is 1. The van der Waals surface area contributed by atoms with E-state index in [1.54, 1.807) is 0 Å². The predicted molar refractivity (Wildman–Crippen MR) is 85.1 cm³/mol. The smallest absolute Gasteiger partial charge is 0.0226 e. The topological polar surface area (TPSA) is 0 Å². The van der Waals surface area contributed by atoms with E-state index in [2.05, 4.69) is 68.0 Å². The summed E-state index contributed by atoms with van der Waals surface area (Å²) in [6, 6.07) is 0. The molecule has 0 N–H and O–H groups in total. The van der Waals surface area contributed by atoms with Gasteiger partial charge in [0, 0.05) is 10.1 Å². The van der Waals surface area contributed by atoms with E-state index >= 15 is 0 Å². The van der Waals surface area contributed by atoms with Crippen molar-refractivity contribution in [2.75, 3.05) is 11.1 Å². The lowest BCUT2D eigenvalue weighted by atomic mass is 9.87. The van der Waals surface area contributed by atoms with Crippen LogP contribution < -0.4 is 0 Å². The van der Waals surface area contributed by atoms with Crippen LogP contribution in [0.2, 0.25) is 0 Å². The molecule has 100 valence electrons. The van der Waals surface area contributed by atoms with E-state index in [0.717, 1.165) is 29.0 Å². The van der Waals surface area contributed by atoms with Crippen molar-refractivity contribution < 1.29 is 0 Å². The van der Waals surface area contributed by atoms with E-state index < -0.39 is 0 Å². The van der Waals surface area contributed by atoms with Crippen LogP contribution in [0, 0.1) is 23.7 Å². The SMILES string of the molecule is C=C[C@H]1C[C@@]1(CC)SC[C@H](C(C)C)[C@@H](C)CBr. The third-order valence-corrected chi connectivity index (χ3v) is 7.26. The van der Waals surface area contributed by atoms with Crippen LogP contribution in [-0.2, 0) is 0 Å². The van der Waals surface area contributed by atoms with Crippen LogP contribution in [-0.4, -0.2) is 15.8 Å². The first-order valence-electron chi connectivity index (χ1n) is 6.83. The van der Waals surface area contributed by atoms with E-state index in [0.29, 0.717) is 4.75 Å². The first kappa shape index (κ1) is 15.6. The Bertz CT molecular complexity index is 251. The molecule has 0 saturated heterocycles. The highest BCUT2D eigenvalue weighted by Gasteiger charge is 2.51. The Kier molecular flexibility index (Phi) is 6.12. The summed E-state index contributed by atoms with van der Waals surface area (Å²) in [4.78, 5) is 0. The zero-order valence-electron chi connectivity index (χ0n) is 11.7. The lowest BCUT2D eigenvalue weighted by molar-refractivity contribution is 0.328. The fourth-order valence-corrected chi connectivity index (χ4v) is 5.21. The van der Waals surface area contributed by atoms with E-state index in [9.17, 15) is 0 Å². The van der Waals surface area contributed by atoms with Crippen molar-refractivity contribution in [1.82, 2.24) is 0 Å². The minimum Gasteiger partial charge on any atom is -0.154 e. The monoisotopic (exact) mass is 318 g/mol. The summed E-state index contributed by atoms with van der Waals surface area (Å²) in [7, 11) is 0. The second kappa shape index (κ2) is 6.65. The molecule has 1 aliphatic rings. The van der Waals surface area contributed by atoms with Crippen molar-refractivity contribution in [1.29, 1.82) is 0 Å². The number of thioether (sulfide) groups is 1. The molecule has 0 bridgehead atoms. The van der Waals surface area contributed by atoms with Gasteiger partial charge in [-0.05, 0) is 42.3 Å². The Labute approximate surface area is 120 Å². The largest absolute Gasteiger partial charge is 0.154 e. The standard InChI is InChI=1S/C15H27BrS/c1-6-13-8-15(13,7-2)17-10-14(11(3)4)12(5)9-16/h6,11-14H,1,7-10H2,2-5H3/t12-,13-,14+,15+/m0/s1. The van der Waals surface area contributed by atoms with Crippen molar-refractivity contribution in [2.24, 2.45) is 23.7 Å². The number of alkyl halides is 1. The molecule has 0 amide bonds. The van der Waals surface area contributed by atoms with Gasteiger partial charge in [-0.1, -0.05) is 49.7 Å². The minimum atomic E-state index is 0.543. The number of rotatable bonds is 8. The van der Waals surface area contributed by atoms with Crippen LogP contribution in [0.3, 0.4) is 0 Å². The van der Waals surface area contributed by atoms with Crippen molar-refractivity contribution in [2.45, 2.75) is 45.3 Å². The van der Waals surface area contributed by atoms with Gasteiger partial charge in [-0.2, -0.15) is 11.8 Å². The van der Waals surface area contributed by atoms with Crippen LogP contribution in [0.25, 0.3) is 0 Å². The van der Waals surface area contributed by atoms with Gasteiger partial charge in [0.25, 0.3) is 0 Å². The third kappa shape index (κ3) is 3.76. The highest BCUT2D eigenvalue weighted by molar-refractivity contribution is 9.09. The Morgan fingerprint density at radius 1 is 1.47 bits per heavy atom. The molecule has 1 aliphatic carbocycles. The molecule has 0 spiro atoms. The summed E-state index contributed by atoms with van der Waals surface area (Å²) in [6.45, 7) is 13.4. The fraction of sp³-hybridized carbons (Fsp3) is 0.867. The molecule has 0 unspecified atom stereocenters. The molecule has 1 fully saturated rings. The molecule has 0 heterocycles. The molecule has 0 aromatic heterocycles.